The van der Waals surface area contributed by atoms with Crippen LogP contribution in [0.3, 0.4) is 0 Å². The molecule has 0 saturated carbocycles. The Balaban J connectivity index is 1.34. The van der Waals surface area contributed by atoms with Gasteiger partial charge in [0, 0.05) is 31.0 Å². The SMILES string of the molecule is Cc1ccc(C(=O)CCc2cn(CC3CCc4ncnn43)nn2)cc1. The maximum Gasteiger partial charge on any atom is 0.163 e. The minimum Gasteiger partial charge on any atom is -0.294 e. The third-order valence-corrected chi connectivity index (χ3v) is 4.66. The van der Waals surface area contributed by atoms with Crippen molar-refractivity contribution in [3.63, 3.8) is 0 Å². The van der Waals surface area contributed by atoms with Gasteiger partial charge in [-0.05, 0) is 13.3 Å². The molecular weight excluding hydrogens is 316 g/mol. The number of benzene rings is 1. The molecule has 0 bridgehead atoms. The normalized spacial score (nSPS) is 16.1. The van der Waals surface area contributed by atoms with E-state index in [1.54, 1.807) is 6.33 Å². The molecule has 7 heteroatoms. The van der Waals surface area contributed by atoms with Gasteiger partial charge in [-0.2, -0.15) is 5.10 Å². The molecular formula is C18H20N6O. The highest BCUT2D eigenvalue weighted by atomic mass is 16.1. The van der Waals surface area contributed by atoms with Gasteiger partial charge < -0.3 is 0 Å². The zero-order chi connectivity index (χ0) is 17.2. The Kier molecular flexibility index (Phi) is 4.13. The molecule has 2 aromatic heterocycles. The number of rotatable bonds is 6. The van der Waals surface area contributed by atoms with E-state index >= 15 is 0 Å². The average molecular weight is 336 g/mol. The molecule has 1 aliphatic rings. The Bertz CT molecular complexity index is 879. The highest BCUT2D eigenvalue weighted by Gasteiger charge is 2.24. The maximum absolute atomic E-state index is 12.2. The molecule has 1 aliphatic heterocycles. The number of hydrogen-bond acceptors (Lipinski definition) is 5. The molecule has 128 valence electrons. The molecule has 3 heterocycles. The average Bonchev–Trinajstić information content (AvgIpc) is 3.32. The van der Waals surface area contributed by atoms with E-state index in [-0.39, 0.29) is 11.8 Å². The van der Waals surface area contributed by atoms with Gasteiger partial charge in [0.05, 0.1) is 18.3 Å². The summed E-state index contributed by atoms with van der Waals surface area (Å²) in [5, 5.41) is 12.7. The highest BCUT2D eigenvalue weighted by Crippen LogP contribution is 2.24. The van der Waals surface area contributed by atoms with Gasteiger partial charge in [-0.15, -0.1) is 5.10 Å². The van der Waals surface area contributed by atoms with Gasteiger partial charge in [-0.25, -0.2) is 9.67 Å². The molecule has 1 unspecified atom stereocenters. The van der Waals surface area contributed by atoms with Crippen LogP contribution in [0.4, 0.5) is 0 Å². The molecule has 7 nitrogen and oxygen atoms in total. The fourth-order valence-corrected chi connectivity index (χ4v) is 3.23. The molecule has 0 aliphatic carbocycles. The predicted octanol–water partition coefficient (Wildman–Crippen LogP) is 2.18. The van der Waals surface area contributed by atoms with Crippen molar-refractivity contribution in [3.05, 3.63) is 59.4 Å². The summed E-state index contributed by atoms with van der Waals surface area (Å²) in [5.74, 6) is 1.17. The summed E-state index contributed by atoms with van der Waals surface area (Å²) in [7, 11) is 0. The Morgan fingerprint density at radius 3 is 2.96 bits per heavy atom. The van der Waals surface area contributed by atoms with Crippen LogP contribution in [0.5, 0.6) is 0 Å². The van der Waals surface area contributed by atoms with Gasteiger partial charge in [0.15, 0.2) is 5.78 Å². The van der Waals surface area contributed by atoms with Crippen molar-refractivity contribution >= 4 is 5.78 Å². The van der Waals surface area contributed by atoms with Crippen LogP contribution in [0.25, 0.3) is 0 Å². The topological polar surface area (TPSA) is 78.5 Å². The second-order valence-corrected chi connectivity index (χ2v) is 6.53. The fourth-order valence-electron chi connectivity index (χ4n) is 3.23. The van der Waals surface area contributed by atoms with Gasteiger partial charge in [0.25, 0.3) is 0 Å². The number of Topliss-reactive ketones (excluding diaryl/α,β-unsaturated/α-hetero) is 1. The van der Waals surface area contributed by atoms with Gasteiger partial charge in [-0.1, -0.05) is 35.0 Å². The van der Waals surface area contributed by atoms with Crippen LogP contribution in [0, 0.1) is 6.92 Å². The van der Waals surface area contributed by atoms with E-state index in [9.17, 15) is 4.79 Å². The zero-order valence-corrected chi connectivity index (χ0v) is 14.2. The largest absolute Gasteiger partial charge is 0.294 e. The summed E-state index contributed by atoms with van der Waals surface area (Å²) in [6.07, 6.45) is 6.56. The van der Waals surface area contributed by atoms with Crippen molar-refractivity contribution < 1.29 is 4.79 Å². The quantitative estimate of drug-likeness (QED) is 0.645. The van der Waals surface area contributed by atoms with E-state index in [1.165, 1.54) is 0 Å². The highest BCUT2D eigenvalue weighted by molar-refractivity contribution is 5.96. The van der Waals surface area contributed by atoms with E-state index < -0.39 is 0 Å². The number of carbonyl (C=O) groups excluding carboxylic acids is 1. The lowest BCUT2D eigenvalue weighted by Gasteiger charge is -2.10. The second kappa shape index (κ2) is 6.58. The van der Waals surface area contributed by atoms with Crippen molar-refractivity contribution in [2.75, 3.05) is 0 Å². The predicted molar refractivity (Wildman–Crippen MR) is 91.2 cm³/mol. The van der Waals surface area contributed by atoms with Crippen LogP contribution < -0.4 is 0 Å². The van der Waals surface area contributed by atoms with Gasteiger partial charge >= 0.3 is 0 Å². The monoisotopic (exact) mass is 336 g/mol. The first-order chi connectivity index (χ1) is 12.2. The van der Waals surface area contributed by atoms with E-state index in [4.69, 9.17) is 0 Å². The summed E-state index contributed by atoms with van der Waals surface area (Å²) in [6.45, 7) is 2.74. The Morgan fingerprint density at radius 2 is 2.12 bits per heavy atom. The third-order valence-electron chi connectivity index (χ3n) is 4.66. The summed E-state index contributed by atoms with van der Waals surface area (Å²) in [6, 6.07) is 7.96. The Hall–Kier alpha value is -2.83. The van der Waals surface area contributed by atoms with Crippen molar-refractivity contribution in [3.8, 4) is 0 Å². The van der Waals surface area contributed by atoms with Crippen LogP contribution in [0.1, 0.15) is 46.3 Å². The first-order valence-electron chi connectivity index (χ1n) is 8.56. The third kappa shape index (κ3) is 3.35. The minimum atomic E-state index is 0.137. The molecule has 3 aromatic rings. The number of carbonyl (C=O) groups is 1. The molecule has 0 saturated heterocycles. The van der Waals surface area contributed by atoms with E-state index in [0.717, 1.165) is 42.0 Å². The van der Waals surface area contributed by atoms with Gasteiger partial charge in [0.1, 0.15) is 12.2 Å². The van der Waals surface area contributed by atoms with E-state index in [0.29, 0.717) is 12.8 Å². The molecule has 0 amide bonds. The first-order valence-corrected chi connectivity index (χ1v) is 8.56. The Morgan fingerprint density at radius 1 is 1.28 bits per heavy atom. The summed E-state index contributed by atoms with van der Waals surface area (Å²) < 4.78 is 3.81. The van der Waals surface area contributed by atoms with Crippen LogP contribution in [0.2, 0.25) is 0 Å². The van der Waals surface area contributed by atoms with Crippen molar-refractivity contribution in [1.29, 1.82) is 0 Å². The van der Waals surface area contributed by atoms with Crippen LogP contribution >= 0.6 is 0 Å². The lowest BCUT2D eigenvalue weighted by atomic mass is 10.0. The molecule has 0 radical (unpaired) electrons. The van der Waals surface area contributed by atoms with Crippen LogP contribution in [0.15, 0.2) is 36.8 Å². The summed E-state index contributed by atoms with van der Waals surface area (Å²) >= 11 is 0. The molecule has 0 fully saturated rings. The van der Waals surface area contributed by atoms with Crippen LogP contribution in [-0.2, 0) is 19.4 Å². The second-order valence-electron chi connectivity index (χ2n) is 6.53. The Labute approximate surface area is 145 Å². The summed E-state index contributed by atoms with van der Waals surface area (Å²) in [5.41, 5.74) is 2.75. The number of nitrogens with zero attached hydrogens (tertiary/aromatic N) is 6. The number of aromatic nitrogens is 6. The lowest BCUT2D eigenvalue weighted by Crippen LogP contribution is -2.14. The standard InChI is InChI=1S/C18H20N6O/c1-13-2-4-14(5-3-13)17(25)8-6-15-10-23(22-21-15)11-16-7-9-18-19-12-20-24(16)18/h2-5,10,12,16H,6-9,11H2,1H3. The molecule has 1 atom stereocenters. The molecule has 0 N–H and O–H groups in total. The van der Waals surface area contributed by atoms with Crippen molar-refractivity contribution in [2.24, 2.45) is 0 Å². The van der Waals surface area contributed by atoms with Gasteiger partial charge in [-0.3, -0.25) is 9.48 Å². The number of hydrogen-bond donors (Lipinski definition) is 0. The molecule has 0 spiro atoms. The van der Waals surface area contributed by atoms with Crippen LogP contribution in [-0.4, -0.2) is 35.5 Å². The lowest BCUT2D eigenvalue weighted by molar-refractivity contribution is 0.0982. The number of ketones is 1. The van der Waals surface area contributed by atoms with Crippen molar-refractivity contribution in [1.82, 2.24) is 29.8 Å². The van der Waals surface area contributed by atoms with E-state index in [2.05, 4.69) is 20.4 Å². The molecule has 4 rings (SSSR count). The molecule has 25 heavy (non-hydrogen) atoms. The number of fused-ring (bicyclic) bond motifs is 1. The minimum absolute atomic E-state index is 0.137. The first kappa shape index (κ1) is 15.7. The smallest absolute Gasteiger partial charge is 0.163 e. The van der Waals surface area contributed by atoms with Crippen molar-refractivity contribution in [2.45, 2.75) is 45.2 Å². The van der Waals surface area contributed by atoms with Gasteiger partial charge in [0.2, 0.25) is 0 Å². The number of aryl methyl sites for hydroxylation is 3. The molecule has 1 aromatic carbocycles. The summed E-state index contributed by atoms with van der Waals surface area (Å²) in [4.78, 5) is 16.5. The maximum atomic E-state index is 12.2. The zero-order valence-electron chi connectivity index (χ0n) is 14.2. The fraction of sp³-hybridized carbons (Fsp3) is 0.389. The van der Waals surface area contributed by atoms with E-state index in [1.807, 2.05) is 46.7 Å².